The average Bonchev–Trinajstić information content (AvgIpc) is 2.53. The summed E-state index contributed by atoms with van der Waals surface area (Å²) in [6.45, 7) is 4.21. The molecule has 0 fully saturated rings. The summed E-state index contributed by atoms with van der Waals surface area (Å²) in [5.41, 5.74) is 9.73. The van der Waals surface area contributed by atoms with Crippen molar-refractivity contribution in [2.24, 2.45) is 5.73 Å². The highest BCUT2D eigenvalue weighted by Gasteiger charge is 2.12. The molecule has 1 atom stereocenters. The van der Waals surface area contributed by atoms with Crippen LogP contribution in [0.2, 0.25) is 0 Å². The number of nitrogens with two attached hydrogens (primary N) is 1. The zero-order chi connectivity index (χ0) is 10.1. The van der Waals surface area contributed by atoms with Crippen LogP contribution in [0.1, 0.15) is 30.6 Å². The van der Waals surface area contributed by atoms with E-state index in [-0.39, 0.29) is 18.4 Å². The first kappa shape index (κ1) is 12.1. The van der Waals surface area contributed by atoms with E-state index in [2.05, 4.69) is 37.0 Å². The van der Waals surface area contributed by atoms with Crippen molar-refractivity contribution in [3.63, 3.8) is 0 Å². The summed E-state index contributed by atoms with van der Waals surface area (Å²) in [6.07, 6.45) is 0.975. The van der Waals surface area contributed by atoms with Gasteiger partial charge in [-0.1, -0.05) is 25.1 Å². The van der Waals surface area contributed by atoms with E-state index in [0.29, 0.717) is 0 Å². The molecular weight excluding hydrogens is 208 g/mol. The van der Waals surface area contributed by atoms with Crippen molar-refractivity contribution in [1.82, 2.24) is 4.98 Å². The Kier molecular flexibility index (Phi) is 3.77. The fourth-order valence-corrected chi connectivity index (χ4v) is 1.98. The second-order valence-corrected chi connectivity index (χ2v) is 3.72. The largest absolute Gasteiger partial charge is 0.358 e. The summed E-state index contributed by atoms with van der Waals surface area (Å²) in [6, 6.07) is 8.46. The molecule has 1 aromatic heterocycles. The lowest BCUT2D eigenvalue weighted by molar-refractivity contribution is 0.699. The summed E-state index contributed by atoms with van der Waals surface area (Å²) >= 11 is 0. The van der Waals surface area contributed by atoms with Gasteiger partial charge in [0.1, 0.15) is 0 Å². The molecule has 0 amide bonds. The number of hydrogen-bond acceptors (Lipinski definition) is 1. The monoisotopic (exact) mass is 224 g/mol. The predicted molar refractivity (Wildman–Crippen MR) is 67.5 cm³/mol. The number of H-pyrrole nitrogens is 1. The number of hydrogen-bond donors (Lipinski definition) is 2. The maximum Gasteiger partial charge on any atom is 0.0459 e. The molecule has 0 unspecified atom stereocenters. The SMILES string of the molecule is CC[C@@H](N)c1c(C)[nH]c2ccccc12.Cl. The molecule has 0 aliphatic carbocycles. The van der Waals surface area contributed by atoms with Crippen LogP contribution in [0.4, 0.5) is 0 Å². The highest BCUT2D eigenvalue weighted by molar-refractivity contribution is 5.85. The van der Waals surface area contributed by atoms with E-state index < -0.39 is 0 Å². The lowest BCUT2D eigenvalue weighted by atomic mass is 10.0. The fourth-order valence-electron chi connectivity index (χ4n) is 1.98. The molecule has 82 valence electrons. The fraction of sp³-hybridized carbons (Fsp3) is 0.333. The topological polar surface area (TPSA) is 41.8 Å². The van der Waals surface area contributed by atoms with Gasteiger partial charge >= 0.3 is 0 Å². The number of halogens is 1. The van der Waals surface area contributed by atoms with Crippen LogP contribution in [0, 0.1) is 6.92 Å². The van der Waals surface area contributed by atoms with Gasteiger partial charge in [-0.05, 0) is 25.0 Å². The van der Waals surface area contributed by atoms with Gasteiger partial charge in [-0.15, -0.1) is 12.4 Å². The van der Waals surface area contributed by atoms with Crippen molar-refractivity contribution in [2.45, 2.75) is 26.3 Å². The molecule has 1 aromatic carbocycles. The Bertz CT molecular complexity index is 448. The van der Waals surface area contributed by atoms with Crippen LogP contribution in [0.15, 0.2) is 24.3 Å². The zero-order valence-electron chi connectivity index (χ0n) is 9.08. The first-order chi connectivity index (χ1) is 6.74. The van der Waals surface area contributed by atoms with Crippen molar-refractivity contribution in [3.05, 3.63) is 35.5 Å². The van der Waals surface area contributed by atoms with Crippen molar-refractivity contribution in [2.75, 3.05) is 0 Å². The number of aromatic amines is 1. The summed E-state index contributed by atoms with van der Waals surface area (Å²) in [5.74, 6) is 0. The molecule has 0 aliphatic rings. The predicted octanol–water partition coefficient (Wildman–Crippen LogP) is 3.31. The average molecular weight is 225 g/mol. The summed E-state index contributed by atoms with van der Waals surface area (Å²) in [4.78, 5) is 3.36. The minimum absolute atomic E-state index is 0. The van der Waals surface area contributed by atoms with E-state index in [1.165, 1.54) is 22.2 Å². The maximum atomic E-state index is 6.09. The number of nitrogens with one attached hydrogen (secondary N) is 1. The molecule has 2 rings (SSSR count). The van der Waals surface area contributed by atoms with Gasteiger partial charge in [-0.3, -0.25) is 0 Å². The van der Waals surface area contributed by atoms with E-state index >= 15 is 0 Å². The van der Waals surface area contributed by atoms with Gasteiger partial charge in [-0.2, -0.15) is 0 Å². The highest BCUT2D eigenvalue weighted by Crippen LogP contribution is 2.27. The Morgan fingerprint density at radius 1 is 1.33 bits per heavy atom. The van der Waals surface area contributed by atoms with E-state index in [0.717, 1.165) is 6.42 Å². The van der Waals surface area contributed by atoms with Crippen LogP contribution in [-0.4, -0.2) is 4.98 Å². The van der Waals surface area contributed by atoms with Crippen molar-refractivity contribution in [3.8, 4) is 0 Å². The van der Waals surface area contributed by atoms with E-state index in [1.54, 1.807) is 0 Å². The highest BCUT2D eigenvalue weighted by atomic mass is 35.5. The zero-order valence-corrected chi connectivity index (χ0v) is 9.90. The van der Waals surface area contributed by atoms with Gasteiger partial charge < -0.3 is 10.7 Å². The smallest absolute Gasteiger partial charge is 0.0459 e. The van der Waals surface area contributed by atoms with Crippen LogP contribution in [0.25, 0.3) is 10.9 Å². The Hall–Kier alpha value is -0.990. The van der Waals surface area contributed by atoms with Gasteiger partial charge in [-0.25, -0.2) is 0 Å². The molecular formula is C12H17ClN2. The Morgan fingerprint density at radius 3 is 2.67 bits per heavy atom. The third kappa shape index (κ3) is 2.01. The van der Waals surface area contributed by atoms with Crippen molar-refractivity contribution >= 4 is 23.3 Å². The van der Waals surface area contributed by atoms with Crippen LogP contribution in [-0.2, 0) is 0 Å². The van der Waals surface area contributed by atoms with E-state index in [1.807, 2.05) is 6.07 Å². The Morgan fingerprint density at radius 2 is 2.00 bits per heavy atom. The maximum absolute atomic E-state index is 6.09. The Labute approximate surface area is 96.3 Å². The number of rotatable bonds is 2. The molecule has 0 bridgehead atoms. The Balaban J connectivity index is 0.00000112. The van der Waals surface area contributed by atoms with E-state index in [9.17, 15) is 0 Å². The number of aryl methyl sites for hydroxylation is 1. The molecule has 0 radical (unpaired) electrons. The quantitative estimate of drug-likeness (QED) is 0.808. The molecule has 3 heteroatoms. The second-order valence-electron chi connectivity index (χ2n) is 3.72. The van der Waals surface area contributed by atoms with Crippen LogP contribution in [0.5, 0.6) is 0 Å². The first-order valence-corrected chi connectivity index (χ1v) is 5.06. The van der Waals surface area contributed by atoms with Crippen LogP contribution >= 0.6 is 12.4 Å². The summed E-state index contributed by atoms with van der Waals surface area (Å²) in [5, 5.41) is 1.26. The van der Waals surface area contributed by atoms with E-state index in [4.69, 9.17) is 5.73 Å². The standard InChI is InChI=1S/C12H16N2.ClH/c1-3-10(13)12-8(2)14-11-7-5-4-6-9(11)12;/h4-7,10,14H,3,13H2,1-2H3;1H/t10-;/m1./s1. The summed E-state index contributed by atoms with van der Waals surface area (Å²) < 4.78 is 0. The normalized spacial score (nSPS) is 12.5. The van der Waals surface area contributed by atoms with Gasteiger partial charge in [0.25, 0.3) is 0 Å². The van der Waals surface area contributed by atoms with Crippen molar-refractivity contribution in [1.29, 1.82) is 0 Å². The molecule has 0 spiro atoms. The minimum Gasteiger partial charge on any atom is -0.358 e. The molecule has 1 heterocycles. The summed E-state index contributed by atoms with van der Waals surface area (Å²) in [7, 11) is 0. The minimum atomic E-state index is 0. The van der Waals surface area contributed by atoms with Crippen LogP contribution < -0.4 is 5.73 Å². The third-order valence-electron chi connectivity index (χ3n) is 2.75. The number of aromatic nitrogens is 1. The van der Waals surface area contributed by atoms with Gasteiger partial charge in [0, 0.05) is 22.6 Å². The molecule has 0 aliphatic heterocycles. The first-order valence-electron chi connectivity index (χ1n) is 5.06. The molecule has 2 aromatic rings. The molecule has 0 saturated carbocycles. The van der Waals surface area contributed by atoms with Crippen LogP contribution in [0.3, 0.4) is 0 Å². The second kappa shape index (κ2) is 4.69. The number of fused-ring (bicyclic) bond motifs is 1. The number of para-hydroxylation sites is 1. The molecule has 3 N–H and O–H groups in total. The molecule has 15 heavy (non-hydrogen) atoms. The van der Waals surface area contributed by atoms with Gasteiger partial charge in [0.05, 0.1) is 0 Å². The molecule has 0 saturated heterocycles. The lowest BCUT2D eigenvalue weighted by Crippen LogP contribution is -2.09. The van der Waals surface area contributed by atoms with Gasteiger partial charge in [0.2, 0.25) is 0 Å². The third-order valence-corrected chi connectivity index (χ3v) is 2.75. The lowest BCUT2D eigenvalue weighted by Gasteiger charge is -2.08. The van der Waals surface area contributed by atoms with Crippen molar-refractivity contribution < 1.29 is 0 Å². The molecule has 2 nitrogen and oxygen atoms in total. The van der Waals surface area contributed by atoms with Gasteiger partial charge in [0.15, 0.2) is 0 Å². The number of benzene rings is 1.